The van der Waals surface area contributed by atoms with Crippen LogP contribution in [0.3, 0.4) is 0 Å². The lowest BCUT2D eigenvalue weighted by molar-refractivity contribution is 0.165. The molecule has 2 saturated heterocycles. The maximum absolute atomic E-state index is 9.83. The van der Waals surface area contributed by atoms with Crippen LogP contribution >= 0.6 is 0 Å². The first-order valence-corrected chi connectivity index (χ1v) is 10.0. The zero-order chi connectivity index (χ0) is 17.5. The highest BCUT2D eigenvalue weighted by atomic mass is 16.3. The van der Waals surface area contributed by atoms with Crippen LogP contribution in [0.2, 0.25) is 0 Å². The summed E-state index contributed by atoms with van der Waals surface area (Å²) in [6.07, 6.45) is 3.64. The molecule has 140 valence electrons. The topological polar surface area (TPSA) is 30.0 Å². The lowest BCUT2D eigenvalue weighted by atomic mass is 9.96. The number of aliphatic hydroxyl groups excluding tert-OH is 1. The van der Waals surface area contributed by atoms with E-state index in [4.69, 9.17) is 0 Å². The Morgan fingerprint density at radius 3 is 2.56 bits per heavy atom. The molecular weight excluding hydrogens is 310 g/mol. The Kier molecular flexibility index (Phi) is 7.29. The van der Waals surface area contributed by atoms with Gasteiger partial charge >= 0.3 is 0 Å². The smallest absolute Gasteiger partial charge is 0.0475 e. The van der Waals surface area contributed by atoms with Crippen LogP contribution in [0, 0.1) is 11.8 Å². The van der Waals surface area contributed by atoms with Crippen LogP contribution in [-0.4, -0.2) is 85.8 Å². The number of hydrogen-bond donors (Lipinski definition) is 1. The van der Waals surface area contributed by atoms with E-state index in [0.717, 1.165) is 32.6 Å². The fourth-order valence-corrected chi connectivity index (χ4v) is 4.40. The molecule has 0 amide bonds. The van der Waals surface area contributed by atoms with Crippen molar-refractivity contribution in [2.75, 3.05) is 66.0 Å². The molecule has 0 radical (unpaired) electrons. The summed E-state index contributed by atoms with van der Waals surface area (Å²) in [4.78, 5) is 7.65. The monoisotopic (exact) mass is 345 g/mol. The van der Waals surface area contributed by atoms with E-state index in [9.17, 15) is 5.11 Å². The van der Waals surface area contributed by atoms with E-state index in [0.29, 0.717) is 18.4 Å². The summed E-state index contributed by atoms with van der Waals surface area (Å²) in [5, 5.41) is 9.83. The van der Waals surface area contributed by atoms with Gasteiger partial charge < -0.3 is 19.8 Å². The van der Waals surface area contributed by atoms with Crippen molar-refractivity contribution in [2.24, 2.45) is 11.8 Å². The minimum Gasteiger partial charge on any atom is -0.396 e. The number of nitrogens with zero attached hydrogens (tertiary/aromatic N) is 3. The maximum atomic E-state index is 9.83. The highest BCUT2D eigenvalue weighted by Gasteiger charge is 2.33. The molecular formula is C21H35N3O. The predicted octanol–water partition coefficient (Wildman–Crippen LogP) is 1.80. The van der Waals surface area contributed by atoms with E-state index in [1.165, 1.54) is 44.6 Å². The van der Waals surface area contributed by atoms with Gasteiger partial charge in [-0.2, -0.15) is 0 Å². The molecule has 4 heteroatoms. The maximum Gasteiger partial charge on any atom is 0.0475 e. The van der Waals surface area contributed by atoms with Crippen molar-refractivity contribution in [3.05, 3.63) is 35.9 Å². The fraction of sp³-hybridized carbons (Fsp3) is 0.714. The van der Waals surface area contributed by atoms with Gasteiger partial charge in [0.2, 0.25) is 0 Å². The Hall–Kier alpha value is -0.940. The Labute approximate surface area is 153 Å². The van der Waals surface area contributed by atoms with Crippen molar-refractivity contribution in [3.63, 3.8) is 0 Å². The molecule has 2 fully saturated rings. The van der Waals surface area contributed by atoms with Crippen molar-refractivity contribution in [1.82, 2.24) is 14.7 Å². The van der Waals surface area contributed by atoms with Crippen LogP contribution in [0.5, 0.6) is 0 Å². The highest BCUT2D eigenvalue weighted by Crippen LogP contribution is 2.25. The largest absolute Gasteiger partial charge is 0.396 e. The van der Waals surface area contributed by atoms with Crippen molar-refractivity contribution >= 4 is 0 Å². The zero-order valence-electron chi connectivity index (χ0n) is 15.8. The predicted molar refractivity (Wildman–Crippen MR) is 104 cm³/mol. The van der Waals surface area contributed by atoms with Crippen LogP contribution in [0.1, 0.15) is 18.4 Å². The summed E-state index contributed by atoms with van der Waals surface area (Å²) in [6.45, 7) is 9.68. The van der Waals surface area contributed by atoms with E-state index in [2.05, 4.69) is 52.1 Å². The molecule has 4 nitrogen and oxygen atoms in total. The number of benzene rings is 1. The van der Waals surface area contributed by atoms with Gasteiger partial charge in [-0.25, -0.2) is 0 Å². The summed E-state index contributed by atoms with van der Waals surface area (Å²) >= 11 is 0. The van der Waals surface area contributed by atoms with Crippen LogP contribution in [-0.2, 0) is 6.42 Å². The quantitative estimate of drug-likeness (QED) is 0.816. The molecule has 2 aliphatic rings. The average Bonchev–Trinajstić information content (AvgIpc) is 2.90. The number of aryl methyl sites for hydroxylation is 1. The first kappa shape index (κ1) is 18.8. The molecule has 0 saturated carbocycles. The summed E-state index contributed by atoms with van der Waals surface area (Å²) in [6, 6.07) is 10.8. The van der Waals surface area contributed by atoms with Crippen LogP contribution < -0.4 is 0 Å². The Bertz CT molecular complexity index is 495. The molecule has 0 aromatic heterocycles. The van der Waals surface area contributed by atoms with Crippen molar-refractivity contribution < 1.29 is 5.11 Å². The lowest BCUT2D eigenvalue weighted by Gasteiger charge is -2.26. The minimum atomic E-state index is 0.341. The van der Waals surface area contributed by atoms with Gasteiger partial charge in [0.25, 0.3) is 0 Å². The second kappa shape index (κ2) is 9.67. The first-order valence-electron chi connectivity index (χ1n) is 10.0. The SMILES string of the molecule is CN1CCCN(C[C@@H]2CN(CCCc3ccccc3)C[C@@H]2CO)CC1. The lowest BCUT2D eigenvalue weighted by Crippen LogP contribution is -2.36. The molecule has 25 heavy (non-hydrogen) atoms. The molecule has 3 rings (SSSR count). The van der Waals surface area contributed by atoms with Crippen molar-refractivity contribution in [3.8, 4) is 0 Å². The minimum absolute atomic E-state index is 0.341. The van der Waals surface area contributed by atoms with E-state index in [1.807, 2.05) is 0 Å². The third-order valence-electron chi connectivity index (χ3n) is 5.97. The third-order valence-corrected chi connectivity index (χ3v) is 5.97. The molecule has 0 spiro atoms. The molecule has 2 heterocycles. The number of hydrogen-bond acceptors (Lipinski definition) is 4. The van der Waals surface area contributed by atoms with E-state index in [1.54, 1.807) is 0 Å². The number of rotatable bonds is 7. The van der Waals surface area contributed by atoms with E-state index < -0.39 is 0 Å². The van der Waals surface area contributed by atoms with Gasteiger partial charge in [-0.3, -0.25) is 0 Å². The molecule has 1 N–H and O–H groups in total. The number of aliphatic hydroxyl groups is 1. The van der Waals surface area contributed by atoms with Crippen molar-refractivity contribution in [2.45, 2.75) is 19.3 Å². The molecule has 0 bridgehead atoms. The Morgan fingerprint density at radius 1 is 0.960 bits per heavy atom. The molecule has 0 aliphatic carbocycles. The van der Waals surface area contributed by atoms with Crippen LogP contribution in [0.25, 0.3) is 0 Å². The summed E-state index contributed by atoms with van der Waals surface area (Å²) in [7, 11) is 2.23. The third kappa shape index (κ3) is 5.78. The molecule has 0 unspecified atom stereocenters. The standard InChI is InChI=1S/C21H35N3O/c1-22-10-6-12-23(14-13-22)15-20-16-24(17-21(20)18-25)11-5-9-19-7-3-2-4-8-19/h2-4,7-8,20-21,25H,5-6,9-18H2,1H3/t20-,21-/m1/s1. The first-order chi connectivity index (χ1) is 12.2. The van der Waals surface area contributed by atoms with Gasteiger partial charge in [0.05, 0.1) is 0 Å². The summed E-state index contributed by atoms with van der Waals surface area (Å²) in [5.74, 6) is 1.09. The Balaban J connectivity index is 1.43. The van der Waals surface area contributed by atoms with E-state index >= 15 is 0 Å². The van der Waals surface area contributed by atoms with Gasteiger partial charge in [-0.05, 0) is 63.3 Å². The zero-order valence-corrected chi connectivity index (χ0v) is 15.8. The van der Waals surface area contributed by atoms with Gasteiger partial charge in [-0.1, -0.05) is 30.3 Å². The molecule has 2 atom stereocenters. The van der Waals surface area contributed by atoms with Gasteiger partial charge in [0.1, 0.15) is 0 Å². The van der Waals surface area contributed by atoms with Gasteiger partial charge in [-0.15, -0.1) is 0 Å². The van der Waals surface area contributed by atoms with E-state index in [-0.39, 0.29) is 0 Å². The molecule has 2 aliphatic heterocycles. The number of likely N-dealkylation sites (tertiary alicyclic amines) is 1. The molecule has 1 aromatic carbocycles. The van der Waals surface area contributed by atoms with Gasteiger partial charge in [0, 0.05) is 39.3 Å². The van der Waals surface area contributed by atoms with Crippen molar-refractivity contribution in [1.29, 1.82) is 0 Å². The second-order valence-corrected chi connectivity index (χ2v) is 8.01. The summed E-state index contributed by atoms with van der Waals surface area (Å²) < 4.78 is 0. The van der Waals surface area contributed by atoms with Gasteiger partial charge in [0.15, 0.2) is 0 Å². The average molecular weight is 346 g/mol. The highest BCUT2D eigenvalue weighted by molar-refractivity contribution is 5.14. The van der Waals surface area contributed by atoms with Crippen LogP contribution in [0.4, 0.5) is 0 Å². The second-order valence-electron chi connectivity index (χ2n) is 8.01. The molecule has 1 aromatic rings. The number of likely N-dealkylation sites (N-methyl/N-ethyl adjacent to an activating group) is 1. The van der Waals surface area contributed by atoms with Crippen LogP contribution in [0.15, 0.2) is 30.3 Å². The summed E-state index contributed by atoms with van der Waals surface area (Å²) in [5.41, 5.74) is 1.44. The normalized spacial score (nSPS) is 26.8. The fourth-order valence-electron chi connectivity index (χ4n) is 4.40. The Morgan fingerprint density at radius 2 is 1.76 bits per heavy atom.